The molecule has 0 saturated carbocycles. The van der Waals surface area contributed by atoms with Crippen LogP contribution >= 0.6 is 0 Å². The maximum absolute atomic E-state index is 13.1. The molecule has 2 aromatic rings. The van der Waals surface area contributed by atoms with E-state index in [1.165, 1.54) is 0 Å². The first-order chi connectivity index (χ1) is 12.2. The molecule has 2 aromatic heterocycles. The molecule has 1 saturated heterocycles. The number of amides is 1. The van der Waals surface area contributed by atoms with Crippen molar-refractivity contribution in [1.29, 1.82) is 0 Å². The van der Waals surface area contributed by atoms with E-state index in [9.17, 15) is 4.79 Å². The Morgan fingerprint density at radius 1 is 1.52 bits per heavy atom. The van der Waals surface area contributed by atoms with Crippen LogP contribution in [0, 0.1) is 5.92 Å². The van der Waals surface area contributed by atoms with Gasteiger partial charge < -0.3 is 9.47 Å². The molecule has 0 aromatic carbocycles. The quantitative estimate of drug-likeness (QED) is 0.833. The fraction of sp³-hybridized carbons (Fsp3) is 0.500. The number of rotatable bonds is 5. The first-order valence-electron chi connectivity index (χ1n) is 8.56. The van der Waals surface area contributed by atoms with Gasteiger partial charge in [0, 0.05) is 38.2 Å². The highest BCUT2D eigenvalue weighted by atomic mass is 16.5. The maximum Gasteiger partial charge on any atom is 0.234 e. The monoisotopic (exact) mass is 344 g/mol. The van der Waals surface area contributed by atoms with Gasteiger partial charge in [0.25, 0.3) is 0 Å². The third-order valence-corrected chi connectivity index (χ3v) is 4.56. The molecule has 0 radical (unpaired) electrons. The van der Waals surface area contributed by atoms with E-state index in [-0.39, 0.29) is 17.9 Å². The Morgan fingerprint density at radius 3 is 3.08 bits per heavy atom. The topological polar surface area (TPSA) is 69.5 Å². The lowest BCUT2D eigenvalue weighted by atomic mass is 9.89. The van der Waals surface area contributed by atoms with Gasteiger partial charge in [0.15, 0.2) is 11.6 Å². The van der Waals surface area contributed by atoms with Crippen LogP contribution in [-0.2, 0) is 16.1 Å². The summed E-state index contributed by atoms with van der Waals surface area (Å²) in [6, 6.07) is 3.58. The number of carbonyl (C=O) groups is 1. The average molecular weight is 344 g/mol. The number of aromatic nitrogens is 3. The van der Waals surface area contributed by atoms with E-state index in [4.69, 9.17) is 9.47 Å². The number of carbonyl (C=O) groups excluding carboxylic acids is 1. The van der Waals surface area contributed by atoms with Crippen molar-refractivity contribution in [2.45, 2.75) is 32.4 Å². The number of pyridine rings is 1. The highest BCUT2D eigenvalue weighted by Crippen LogP contribution is 2.36. The third kappa shape index (κ3) is 3.51. The van der Waals surface area contributed by atoms with Crippen molar-refractivity contribution in [2.75, 3.05) is 25.7 Å². The molecule has 0 spiro atoms. The molecule has 1 aliphatic heterocycles. The van der Waals surface area contributed by atoms with Gasteiger partial charge in [0.2, 0.25) is 5.91 Å². The Labute approximate surface area is 147 Å². The van der Waals surface area contributed by atoms with Gasteiger partial charge in [0.05, 0.1) is 25.3 Å². The summed E-state index contributed by atoms with van der Waals surface area (Å²) >= 11 is 0. The molecule has 0 N–H and O–H groups in total. The number of hydrogen-bond acceptors (Lipinski definition) is 5. The standard InChI is InChI=1S/C18H24N4O3/c1-4-22-12-13(11-20-22)16-14(7-6-10-25-16)18(23)21(2)17-15(24-3)8-5-9-19-17/h5,8-9,11-12,14,16H,4,6-7,10H2,1-3H3/t14-,16+/m1/s1. The van der Waals surface area contributed by atoms with Crippen LogP contribution in [0.5, 0.6) is 5.75 Å². The molecule has 1 aliphatic rings. The minimum Gasteiger partial charge on any atom is -0.493 e. The second-order valence-electron chi connectivity index (χ2n) is 6.10. The number of nitrogens with zero attached hydrogens (tertiary/aromatic N) is 4. The summed E-state index contributed by atoms with van der Waals surface area (Å²) in [7, 11) is 3.30. The zero-order chi connectivity index (χ0) is 17.8. The van der Waals surface area contributed by atoms with Crippen molar-refractivity contribution >= 4 is 11.7 Å². The van der Waals surface area contributed by atoms with Gasteiger partial charge in [-0.15, -0.1) is 0 Å². The van der Waals surface area contributed by atoms with Crippen LogP contribution in [-0.4, -0.2) is 41.4 Å². The largest absolute Gasteiger partial charge is 0.493 e. The number of anilines is 1. The van der Waals surface area contributed by atoms with Crippen LogP contribution in [0.15, 0.2) is 30.7 Å². The Bertz CT molecular complexity index is 731. The van der Waals surface area contributed by atoms with E-state index < -0.39 is 0 Å². The van der Waals surface area contributed by atoms with E-state index in [1.807, 2.05) is 17.8 Å². The summed E-state index contributed by atoms with van der Waals surface area (Å²) in [5.41, 5.74) is 0.946. The molecule has 0 bridgehead atoms. The highest BCUT2D eigenvalue weighted by Gasteiger charge is 2.36. The molecule has 7 nitrogen and oxygen atoms in total. The first kappa shape index (κ1) is 17.4. The molecule has 0 aliphatic carbocycles. The molecule has 3 heterocycles. The van der Waals surface area contributed by atoms with Gasteiger partial charge in [-0.05, 0) is 31.9 Å². The smallest absolute Gasteiger partial charge is 0.234 e. The summed E-state index contributed by atoms with van der Waals surface area (Å²) in [4.78, 5) is 19.0. The summed E-state index contributed by atoms with van der Waals surface area (Å²) in [6.45, 7) is 3.47. The molecule has 1 amide bonds. The van der Waals surface area contributed by atoms with Crippen molar-refractivity contribution in [2.24, 2.45) is 5.92 Å². The van der Waals surface area contributed by atoms with E-state index in [2.05, 4.69) is 10.1 Å². The molecule has 3 rings (SSSR count). The van der Waals surface area contributed by atoms with Crippen LogP contribution in [0.1, 0.15) is 31.4 Å². The summed E-state index contributed by atoms with van der Waals surface area (Å²) < 4.78 is 13.1. The second-order valence-corrected chi connectivity index (χ2v) is 6.10. The van der Waals surface area contributed by atoms with Crippen LogP contribution in [0.4, 0.5) is 5.82 Å². The molecule has 0 unspecified atom stereocenters. The molecule has 134 valence electrons. The zero-order valence-electron chi connectivity index (χ0n) is 14.9. The molecule has 7 heteroatoms. The normalized spacial score (nSPS) is 20.3. The van der Waals surface area contributed by atoms with Gasteiger partial charge >= 0.3 is 0 Å². The lowest BCUT2D eigenvalue weighted by molar-refractivity contribution is -0.131. The number of ether oxygens (including phenoxy) is 2. The Kier molecular flexibility index (Phi) is 5.33. The van der Waals surface area contributed by atoms with Crippen LogP contribution in [0.3, 0.4) is 0 Å². The predicted octanol–water partition coefficient (Wildman–Crippen LogP) is 2.44. The van der Waals surface area contributed by atoms with Crippen LogP contribution in [0.2, 0.25) is 0 Å². The minimum atomic E-state index is -0.279. The van der Waals surface area contributed by atoms with Gasteiger partial charge in [-0.1, -0.05) is 0 Å². The fourth-order valence-corrected chi connectivity index (χ4v) is 3.21. The van der Waals surface area contributed by atoms with Gasteiger partial charge in [-0.25, -0.2) is 4.98 Å². The Balaban J connectivity index is 1.85. The molecule has 1 fully saturated rings. The van der Waals surface area contributed by atoms with Crippen LogP contribution < -0.4 is 9.64 Å². The molecule has 2 atom stereocenters. The SMILES string of the molecule is CCn1cc([C@@H]2OCCC[C@H]2C(=O)N(C)c2ncccc2OC)cn1. The van der Waals surface area contributed by atoms with E-state index in [0.717, 1.165) is 24.9 Å². The van der Waals surface area contributed by atoms with E-state index in [1.54, 1.807) is 43.6 Å². The number of methoxy groups -OCH3 is 1. The Morgan fingerprint density at radius 2 is 2.36 bits per heavy atom. The van der Waals surface area contributed by atoms with E-state index in [0.29, 0.717) is 18.2 Å². The number of aryl methyl sites for hydroxylation is 1. The zero-order valence-corrected chi connectivity index (χ0v) is 14.9. The molecular weight excluding hydrogens is 320 g/mol. The predicted molar refractivity (Wildman–Crippen MR) is 93.5 cm³/mol. The first-order valence-corrected chi connectivity index (χ1v) is 8.56. The van der Waals surface area contributed by atoms with Gasteiger partial charge in [0.1, 0.15) is 0 Å². The fourth-order valence-electron chi connectivity index (χ4n) is 3.21. The van der Waals surface area contributed by atoms with Crippen molar-refractivity contribution in [3.8, 4) is 5.75 Å². The highest BCUT2D eigenvalue weighted by molar-refractivity contribution is 5.95. The lowest BCUT2D eigenvalue weighted by Gasteiger charge is -2.33. The van der Waals surface area contributed by atoms with Crippen molar-refractivity contribution < 1.29 is 14.3 Å². The summed E-state index contributed by atoms with van der Waals surface area (Å²) in [6.07, 6.45) is 6.77. The maximum atomic E-state index is 13.1. The second kappa shape index (κ2) is 7.65. The average Bonchev–Trinajstić information content (AvgIpc) is 3.16. The summed E-state index contributed by atoms with van der Waals surface area (Å²) in [5.74, 6) is 0.805. The minimum absolute atomic E-state index is 0.0223. The van der Waals surface area contributed by atoms with Crippen LogP contribution in [0.25, 0.3) is 0 Å². The van der Waals surface area contributed by atoms with Gasteiger partial charge in [-0.2, -0.15) is 5.10 Å². The third-order valence-electron chi connectivity index (χ3n) is 4.56. The summed E-state index contributed by atoms with van der Waals surface area (Å²) in [5, 5.41) is 4.31. The molecule has 25 heavy (non-hydrogen) atoms. The molecular formula is C18H24N4O3. The van der Waals surface area contributed by atoms with Gasteiger partial charge in [-0.3, -0.25) is 14.4 Å². The van der Waals surface area contributed by atoms with Crippen molar-refractivity contribution in [3.63, 3.8) is 0 Å². The Hall–Kier alpha value is -2.41. The van der Waals surface area contributed by atoms with Crippen molar-refractivity contribution in [3.05, 3.63) is 36.3 Å². The van der Waals surface area contributed by atoms with Crippen molar-refractivity contribution in [1.82, 2.24) is 14.8 Å². The van der Waals surface area contributed by atoms with E-state index >= 15 is 0 Å². The number of hydrogen-bond donors (Lipinski definition) is 0. The lowest BCUT2D eigenvalue weighted by Crippen LogP contribution is -2.39.